The maximum atomic E-state index is 13.2. The van der Waals surface area contributed by atoms with E-state index in [0.717, 1.165) is 18.2 Å². The molecule has 0 unspecified atom stereocenters. The topological polar surface area (TPSA) is 46.5 Å². The SMILES string of the molecule is O=C(O)C=Cc1ccc(OC(F)(F)F)cc1F. The number of aliphatic carboxylic acids is 1. The molecule has 0 spiro atoms. The van der Waals surface area contributed by atoms with Crippen molar-refractivity contribution in [2.45, 2.75) is 6.36 Å². The smallest absolute Gasteiger partial charge is 0.478 e. The van der Waals surface area contributed by atoms with Crippen LogP contribution >= 0.6 is 0 Å². The molecular formula is C10H6F4O3. The van der Waals surface area contributed by atoms with Crippen LogP contribution in [-0.4, -0.2) is 17.4 Å². The Balaban J connectivity index is 2.90. The maximum absolute atomic E-state index is 13.2. The number of carboxylic acids is 1. The Morgan fingerprint density at radius 1 is 1.35 bits per heavy atom. The van der Waals surface area contributed by atoms with Gasteiger partial charge in [-0.15, -0.1) is 13.2 Å². The summed E-state index contributed by atoms with van der Waals surface area (Å²) in [7, 11) is 0. The van der Waals surface area contributed by atoms with Crippen LogP contribution in [0.3, 0.4) is 0 Å². The lowest BCUT2D eigenvalue weighted by molar-refractivity contribution is -0.274. The van der Waals surface area contributed by atoms with Crippen molar-refractivity contribution in [1.82, 2.24) is 0 Å². The second-order valence-electron chi connectivity index (χ2n) is 2.90. The Kier molecular flexibility index (Phi) is 3.72. The zero-order chi connectivity index (χ0) is 13.1. The van der Waals surface area contributed by atoms with Gasteiger partial charge in [-0.1, -0.05) is 0 Å². The van der Waals surface area contributed by atoms with Gasteiger partial charge in [-0.25, -0.2) is 9.18 Å². The summed E-state index contributed by atoms with van der Waals surface area (Å²) in [4.78, 5) is 10.2. The Morgan fingerprint density at radius 2 is 2.00 bits per heavy atom. The van der Waals surface area contributed by atoms with Gasteiger partial charge in [0.2, 0.25) is 0 Å². The van der Waals surface area contributed by atoms with E-state index in [9.17, 15) is 22.4 Å². The third-order valence-corrected chi connectivity index (χ3v) is 1.61. The van der Waals surface area contributed by atoms with Crippen molar-refractivity contribution in [1.29, 1.82) is 0 Å². The van der Waals surface area contributed by atoms with E-state index in [0.29, 0.717) is 12.1 Å². The summed E-state index contributed by atoms with van der Waals surface area (Å²) in [6.45, 7) is 0. The van der Waals surface area contributed by atoms with Crippen molar-refractivity contribution in [2.24, 2.45) is 0 Å². The summed E-state index contributed by atoms with van der Waals surface area (Å²) in [5, 5.41) is 8.29. The monoisotopic (exact) mass is 250 g/mol. The van der Waals surface area contributed by atoms with Crippen molar-refractivity contribution in [3.05, 3.63) is 35.7 Å². The minimum atomic E-state index is -4.90. The number of carboxylic acid groups (broad SMARTS) is 1. The first-order valence-corrected chi connectivity index (χ1v) is 4.24. The Morgan fingerprint density at radius 3 is 2.47 bits per heavy atom. The molecular weight excluding hydrogens is 244 g/mol. The molecule has 92 valence electrons. The summed E-state index contributed by atoms with van der Waals surface area (Å²) < 4.78 is 52.0. The van der Waals surface area contributed by atoms with Crippen LogP contribution in [0.5, 0.6) is 5.75 Å². The molecule has 0 aromatic heterocycles. The molecule has 0 aliphatic carbocycles. The molecule has 0 atom stereocenters. The molecule has 0 saturated heterocycles. The normalized spacial score (nSPS) is 11.8. The standard InChI is InChI=1S/C10H6F4O3/c11-8-5-7(17-10(12,13)14)3-1-6(8)2-4-9(15)16/h1-5H,(H,15,16). The average molecular weight is 250 g/mol. The van der Waals surface area contributed by atoms with Gasteiger partial charge in [0.25, 0.3) is 0 Å². The van der Waals surface area contributed by atoms with E-state index in [1.807, 2.05) is 0 Å². The average Bonchev–Trinajstić information content (AvgIpc) is 2.13. The molecule has 0 amide bonds. The van der Waals surface area contributed by atoms with Gasteiger partial charge >= 0.3 is 12.3 Å². The van der Waals surface area contributed by atoms with Crippen molar-refractivity contribution < 1.29 is 32.2 Å². The summed E-state index contributed by atoms with van der Waals surface area (Å²) in [5.41, 5.74) is -0.151. The first kappa shape index (κ1) is 13.0. The van der Waals surface area contributed by atoms with E-state index in [2.05, 4.69) is 4.74 Å². The van der Waals surface area contributed by atoms with Gasteiger partial charge < -0.3 is 9.84 Å². The van der Waals surface area contributed by atoms with Crippen LogP contribution in [0.15, 0.2) is 24.3 Å². The second kappa shape index (κ2) is 4.86. The van der Waals surface area contributed by atoms with Gasteiger partial charge in [0.1, 0.15) is 11.6 Å². The molecule has 0 saturated carbocycles. The number of halogens is 4. The van der Waals surface area contributed by atoms with Gasteiger partial charge in [-0.2, -0.15) is 0 Å². The van der Waals surface area contributed by atoms with E-state index < -0.39 is 23.9 Å². The fourth-order valence-corrected chi connectivity index (χ4v) is 1.00. The molecule has 17 heavy (non-hydrogen) atoms. The van der Waals surface area contributed by atoms with E-state index >= 15 is 0 Å². The zero-order valence-electron chi connectivity index (χ0n) is 8.16. The summed E-state index contributed by atoms with van der Waals surface area (Å²) >= 11 is 0. The minimum Gasteiger partial charge on any atom is -0.478 e. The second-order valence-corrected chi connectivity index (χ2v) is 2.90. The highest BCUT2D eigenvalue weighted by molar-refractivity contribution is 5.85. The third kappa shape index (κ3) is 4.54. The molecule has 7 heteroatoms. The number of alkyl halides is 3. The maximum Gasteiger partial charge on any atom is 0.573 e. The lowest BCUT2D eigenvalue weighted by Crippen LogP contribution is -2.17. The molecule has 0 aliphatic rings. The van der Waals surface area contributed by atoms with Gasteiger partial charge in [0.15, 0.2) is 0 Å². The lowest BCUT2D eigenvalue weighted by atomic mass is 10.2. The molecule has 1 aromatic rings. The van der Waals surface area contributed by atoms with Gasteiger partial charge in [0.05, 0.1) is 0 Å². The van der Waals surface area contributed by atoms with Crippen LogP contribution in [0.1, 0.15) is 5.56 Å². The third-order valence-electron chi connectivity index (χ3n) is 1.61. The van der Waals surface area contributed by atoms with E-state index in [4.69, 9.17) is 5.11 Å². The zero-order valence-corrected chi connectivity index (χ0v) is 8.16. The molecule has 1 N–H and O–H groups in total. The van der Waals surface area contributed by atoms with Crippen LogP contribution in [-0.2, 0) is 4.79 Å². The van der Waals surface area contributed by atoms with Crippen molar-refractivity contribution in [2.75, 3.05) is 0 Å². The van der Waals surface area contributed by atoms with Crippen LogP contribution in [0.4, 0.5) is 17.6 Å². The van der Waals surface area contributed by atoms with Crippen LogP contribution in [0, 0.1) is 5.82 Å². The first-order valence-electron chi connectivity index (χ1n) is 4.24. The van der Waals surface area contributed by atoms with Crippen molar-refractivity contribution in [3.63, 3.8) is 0 Å². The number of carbonyl (C=O) groups is 1. The Labute approximate surface area is 92.9 Å². The van der Waals surface area contributed by atoms with Crippen molar-refractivity contribution >= 4 is 12.0 Å². The van der Waals surface area contributed by atoms with Crippen LogP contribution in [0.2, 0.25) is 0 Å². The van der Waals surface area contributed by atoms with Crippen LogP contribution < -0.4 is 4.74 Å². The number of ether oxygens (including phenoxy) is 1. The molecule has 0 bridgehead atoms. The van der Waals surface area contributed by atoms with Gasteiger partial charge in [-0.05, 0) is 18.2 Å². The lowest BCUT2D eigenvalue weighted by Gasteiger charge is -2.09. The molecule has 0 radical (unpaired) electrons. The summed E-state index contributed by atoms with van der Waals surface area (Å²) in [6.07, 6.45) is -3.30. The highest BCUT2D eigenvalue weighted by Crippen LogP contribution is 2.24. The van der Waals surface area contributed by atoms with E-state index in [-0.39, 0.29) is 5.56 Å². The molecule has 3 nitrogen and oxygen atoms in total. The quantitative estimate of drug-likeness (QED) is 0.662. The van der Waals surface area contributed by atoms with Gasteiger partial charge in [-0.3, -0.25) is 0 Å². The highest BCUT2D eigenvalue weighted by Gasteiger charge is 2.31. The predicted molar refractivity (Wildman–Crippen MR) is 49.8 cm³/mol. The first-order chi connectivity index (χ1) is 7.78. The molecule has 1 aromatic carbocycles. The van der Waals surface area contributed by atoms with Gasteiger partial charge in [0, 0.05) is 17.7 Å². The fourth-order valence-electron chi connectivity index (χ4n) is 1.00. The Bertz CT molecular complexity index is 451. The van der Waals surface area contributed by atoms with E-state index in [1.165, 1.54) is 0 Å². The fraction of sp³-hybridized carbons (Fsp3) is 0.100. The molecule has 0 aliphatic heterocycles. The highest BCUT2D eigenvalue weighted by atomic mass is 19.4. The predicted octanol–water partition coefficient (Wildman–Crippen LogP) is 2.82. The number of hydrogen-bond acceptors (Lipinski definition) is 2. The van der Waals surface area contributed by atoms with Crippen molar-refractivity contribution in [3.8, 4) is 5.75 Å². The van der Waals surface area contributed by atoms with Crippen LogP contribution in [0.25, 0.3) is 6.08 Å². The van der Waals surface area contributed by atoms with E-state index in [1.54, 1.807) is 0 Å². The molecule has 0 heterocycles. The number of hydrogen-bond donors (Lipinski definition) is 1. The molecule has 0 fully saturated rings. The summed E-state index contributed by atoms with van der Waals surface area (Å²) in [6, 6.07) is 2.39. The minimum absolute atomic E-state index is 0.151. The summed E-state index contributed by atoms with van der Waals surface area (Å²) in [5.74, 6) is -3.01. The number of benzene rings is 1. The molecule has 1 rings (SSSR count). The Hall–Kier alpha value is -2.05. The largest absolute Gasteiger partial charge is 0.573 e. The number of rotatable bonds is 3.